The van der Waals surface area contributed by atoms with Crippen molar-refractivity contribution in [1.82, 2.24) is 0 Å². The van der Waals surface area contributed by atoms with E-state index in [1.54, 1.807) is 12.1 Å². The lowest BCUT2D eigenvalue weighted by Crippen LogP contribution is -2.22. The van der Waals surface area contributed by atoms with E-state index in [9.17, 15) is 8.78 Å². The number of hydrogen-bond donors (Lipinski definition) is 2. The van der Waals surface area contributed by atoms with Crippen LogP contribution in [-0.4, -0.2) is 12.6 Å². The van der Waals surface area contributed by atoms with Crippen LogP contribution in [0.4, 0.5) is 14.5 Å². The quantitative estimate of drug-likeness (QED) is 0.360. The third-order valence-corrected chi connectivity index (χ3v) is 3.20. The van der Waals surface area contributed by atoms with Crippen molar-refractivity contribution in [3.63, 3.8) is 0 Å². The number of halogens is 4. The summed E-state index contributed by atoms with van der Waals surface area (Å²) in [6, 6.07) is 14.0. The van der Waals surface area contributed by atoms with Crippen LogP contribution in [0.15, 0.2) is 58.0 Å². The molecule has 3 N–H and O–H groups in total. The fourth-order valence-electron chi connectivity index (χ4n) is 1.76. The number of nitrogens with one attached hydrogen (secondary N) is 1. The van der Waals surface area contributed by atoms with E-state index in [1.807, 2.05) is 30.3 Å². The number of anilines is 1. The molecule has 124 valence electrons. The fraction of sp³-hybridized carbons (Fsp3) is 0.133. The minimum atomic E-state index is -2.89. The molecular formula is C15H15BrF2IN3O. The van der Waals surface area contributed by atoms with Gasteiger partial charge in [0.25, 0.3) is 0 Å². The molecule has 2 aromatic rings. The molecule has 0 amide bonds. The van der Waals surface area contributed by atoms with Crippen LogP contribution >= 0.6 is 39.9 Å². The third-order valence-electron chi connectivity index (χ3n) is 2.70. The summed E-state index contributed by atoms with van der Waals surface area (Å²) in [7, 11) is 0. The molecule has 0 atom stereocenters. The van der Waals surface area contributed by atoms with Gasteiger partial charge >= 0.3 is 6.61 Å². The second-order valence-electron chi connectivity index (χ2n) is 4.32. The van der Waals surface area contributed by atoms with Crippen molar-refractivity contribution in [2.24, 2.45) is 10.7 Å². The molecule has 0 radical (unpaired) electrons. The molecule has 0 bridgehead atoms. The first kappa shape index (κ1) is 19.6. The number of nitrogens with zero attached hydrogens (tertiary/aromatic N) is 1. The molecule has 8 heteroatoms. The van der Waals surface area contributed by atoms with Crippen LogP contribution in [0.2, 0.25) is 0 Å². The van der Waals surface area contributed by atoms with Crippen molar-refractivity contribution in [3.8, 4) is 5.75 Å². The van der Waals surface area contributed by atoms with Gasteiger partial charge in [-0.15, -0.1) is 24.0 Å². The molecule has 0 aliphatic rings. The summed E-state index contributed by atoms with van der Waals surface area (Å²) in [6.07, 6.45) is 0. The van der Waals surface area contributed by atoms with Gasteiger partial charge < -0.3 is 15.8 Å². The number of rotatable bonds is 5. The van der Waals surface area contributed by atoms with Crippen molar-refractivity contribution in [3.05, 3.63) is 58.6 Å². The minimum absolute atomic E-state index is 0. The molecule has 0 aliphatic carbocycles. The highest BCUT2D eigenvalue weighted by molar-refractivity contribution is 14.0. The van der Waals surface area contributed by atoms with E-state index in [1.165, 1.54) is 6.07 Å². The number of para-hydroxylation sites is 1. The second kappa shape index (κ2) is 9.66. The van der Waals surface area contributed by atoms with Gasteiger partial charge in [-0.1, -0.05) is 34.1 Å². The molecular weight excluding hydrogens is 483 g/mol. The first-order valence-corrected chi connectivity index (χ1v) is 7.19. The maximum Gasteiger partial charge on any atom is 0.387 e. The second-order valence-corrected chi connectivity index (χ2v) is 5.24. The number of hydrogen-bond acceptors (Lipinski definition) is 2. The highest BCUT2D eigenvalue weighted by Crippen LogP contribution is 2.25. The maximum absolute atomic E-state index is 12.4. The molecule has 0 aromatic heterocycles. The molecule has 0 aliphatic heterocycles. The first-order valence-electron chi connectivity index (χ1n) is 6.40. The Balaban J connectivity index is 0.00000264. The summed E-state index contributed by atoms with van der Waals surface area (Å²) in [5, 5.41) is 2.91. The van der Waals surface area contributed by atoms with Crippen molar-refractivity contribution in [2.45, 2.75) is 13.2 Å². The number of benzene rings is 2. The molecule has 0 heterocycles. The SMILES string of the molecule is I.NC(=NCc1cc(Br)ccc1OC(F)F)Nc1ccccc1. The Bertz CT molecular complexity index is 656. The Kier molecular flexibility index (Phi) is 8.24. The van der Waals surface area contributed by atoms with Crippen LogP contribution in [-0.2, 0) is 6.54 Å². The van der Waals surface area contributed by atoms with Crippen LogP contribution in [0.1, 0.15) is 5.56 Å². The Morgan fingerprint density at radius 1 is 1.22 bits per heavy atom. The molecule has 0 saturated carbocycles. The Labute approximate surface area is 158 Å². The van der Waals surface area contributed by atoms with Gasteiger partial charge in [0.2, 0.25) is 0 Å². The molecule has 0 fully saturated rings. The monoisotopic (exact) mass is 497 g/mol. The van der Waals surface area contributed by atoms with E-state index in [2.05, 4.69) is 31.0 Å². The topological polar surface area (TPSA) is 59.6 Å². The first-order chi connectivity index (χ1) is 10.5. The van der Waals surface area contributed by atoms with Crippen LogP contribution in [0, 0.1) is 0 Å². The lowest BCUT2D eigenvalue weighted by molar-refractivity contribution is -0.0504. The van der Waals surface area contributed by atoms with E-state index in [-0.39, 0.29) is 42.2 Å². The predicted octanol–water partition coefficient (Wildman–Crippen LogP) is 4.60. The summed E-state index contributed by atoms with van der Waals surface area (Å²) < 4.78 is 30.0. The fourth-order valence-corrected chi connectivity index (χ4v) is 2.17. The summed E-state index contributed by atoms with van der Waals surface area (Å²) >= 11 is 3.28. The third kappa shape index (κ3) is 6.69. The van der Waals surface area contributed by atoms with Crippen molar-refractivity contribution >= 4 is 51.6 Å². The Hall–Kier alpha value is -1.42. The number of aliphatic imine (C=N–C) groups is 1. The van der Waals surface area contributed by atoms with Gasteiger partial charge in [0, 0.05) is 15.7 Å². The zero-order valence-corrected chi connectivity index (χ0v) is 15.8. The van der Waals surface area contributed by atoms with Gasteiger partial charge in [0.05, 0.1) is 6.54 Å². The summed E-state index contributed by atoms with van der Waals surface area (Å²) in [6.45, 7) is -2.77. The van der Waals surface area contributed by atoms with Crippen molar-refractivity contribution < 1.29 is 13.5 Å². The molecule has 0 unspecified atom stereocenters. The van der Waals surface area contributed by atoms with Gasteiger partial charge in [-0.05, 0) is 30.3 Å². The van der Waals surface area contributed by atoms with Gasteiger partial charge in [-0.3, -0.25) is 0 Å². The summed E-state index contributed by atoms with van der Waals surface area (Å²) in [4.78, 5) is 4.14. The molecule has 2 rings (SSSR count). The molecule has 23 heavy (non-hydrogen) atoms. The minimum Gasteiger partial charge on any atom is -0.434 e. The normalized spacial score (nSPS) is 11.0. The van der Waals surface area contributed by atoms with Crippen LogP contribution in [0.5, 0.6) is 5.75 Å². The van der Waals surface area contributed by atoms with Crippen LogP contribution in [0.3, 0.4) is 0 Å². The zero-order valence-electron chi connectivity index (χ0n) is 11.9. The Morgan fingerprint density at radius 3 is 2.57 bits per heavy atom. The van der Waals surface area contributed by atoms with Crippen molar-refractivity contribution in [1.29, 1.82) is 0 Å². The largest absolute Gasteiger partial charge is 0.434 e. The highest BCUT2D eigenvalue weighted by Gasteiger charge is 2.10. The lowest BCUT2D eigenvalue weighted by Gasteiger charge is -2.10. The van der Waals surface area contributed by atoms with E-state index in [4.69, 9.17) is 5.73 Å². The Morgan fingerprint density at radius 2 is 1.91 bits per heavy atom. The van der Waals surface area contributed by atoms with Crippen molar-refractivity contribution in [2.75, 3.05) is 5.32 Å². The average Bonchev–Trinajstić information content (AvgIpc) is 2.48. The van der Waals surface area contributed by atoms with E-state index < -0.39 is 6.61 Å². The predicted molar refractivity (Wildman–Crippen MR) is 102 cm³/mol. The molecule has 2 aromatic carbocycles. The van der Waals surface area contributed by atoms with Gasteiger partial charge in [-0.2, -0.15) is 8.78 Å². The summed E-state index contributed by atoms with van der Waals surface area (Å²) in [5.74, 6) is 0.267. The lowest BCUT2D eigenvalue weighted by atomic mass is 10.2. The number of ether oxygens (including phenoxy) is 1. The van der Waals surface area contributed by atoms with E-state index in [0.29, 0.717) is 5.56 Å². The number of nitrogens with two attached hydrogens (primary N) is 1. The van der Waals surface area contributed by atoms with E-state index in [0.717, 1.165) is 10.2 Å². The smallest absolute Gasteiger partial charge is 0.387 e. The number of guanidine groups is 1. The molecule has 0 saturated heterocycles. The average molecular weight is 498 g/mol. The number of alkyl halides is 2. The van der Waals surface area contributed by atoms with Gasteiger partial charge in [0.1, 0.15) is 5.75 Å². The van der Waals surface area contributed by atoms with Gasteiger partial charge in [-0.25, -0.2) is 4.99 Å². The van der Waals surface area contributed by atoms with Crippen LogP contribution < -0.4 is 15.8 Å². The highest BCUT2D eigenvalue weighted by atomic mass is 127. The van der Waals surface area contributed by atoms with E-state index >= 15 is 0 Å². The van der Waals surface area contributed by atoms with Gasteiger partial charge in [0.15, 0.2) is 5.96 Å². The summed E-state index contributed by atoms with van der Waals surface area (Å²) in [5.41, 5.74) is 7.08. The standard InChI is InChI=1S/C15H14BrF2N3O.HI/c16-11-6-7-13(22-14(17)18)10(8-11)9-20-15(19)21-12-4-2-1-3-5-12;/h1-8,14H,9H2,(H3,19,20,21);1H. The maximum atomic E-state index is 12.4. The van der Waals surface area contributed by atoms with Crippen LogP contribution in [0.25, 0.3) is 0 Å². The molecule has 0 spiro atoms. The zero-order chi connectivity index (χ0) is 15.9. The molecule has 4 nitrogen and oxygen atoms in total.